The maximum atomic E-state index is 13.5. The van der Waals surface area contributed by atoms with Crippen LogP contribution >= 0.6 is 11.6 Å². The number of anilines is 1. The Morgan fingerprint density at radius 2 is 1.65 bits per heavy atom. The van der Waals surface area contributed by atoms with Crippen LogP contribution in [0.2, 0.25) is 21.6 Å². The Labute approximate surface area is 262 Å². The molecule has 0 radical (unpaired) electrons. The fourth-order valence-electron chi connectivity index (χ4n) is 7.32. The minimum atomic E-state index is -3.39. The lowest BCUT2D eigenvalue weighted by atomic mass is 9.77. The maximum Gasteiger partial charge on any atom is 0.175 e. The minimum absolute atomic E-state index is 0.0921. The SMILES string of the molecule is CCOc1c(OCc2ccc(S(C)(=O)=O)cc2Cl)cccc1C1(C=O)CN([Si](C(C)C)(C(C)C)C(C)C)c2ncccc21. The van der Waals surface area contributed by atoms with E-state index in [1.54, 1.807) is 6.07 Å². The molecule has 4 rings (SSSR count). The molecule has 0 fully saturated rings. The van der Waals surface area contributed by atoms with Crippen LogP contribution in [0.5, 0.6) is 11.5 Å². The van der Waals surface area contributed by atoms with Crippen LogP contribution in [0.3, 0.4) is 0 Å². The van der Waals surface area contributed by atoms with Gasteiger partial charge in [0.15, 0.2) is 29.6 Å². The summed E-state index contributed by atoms with van der Waals surface area (Å²) in [5.41, 5.74) is 2.49. The minimum Gasteiger partial charge on any atom is -0.490 e. The molecule has 0 saturated carbocycles. The first-order valence-corrected chi connectivity index (χ1v) is 19.3. The fourth-order valence-corrected chi connectivity index (χ4v) is 15.2. The van der Waals surface area contributed by atoms with Crippen molar-refractivity contribution in [3.05, 3.63) is 76.4 Å². The van der Waals surface area contributed by atoms with Gasteiger partial charge in [0.25, 0.3) is 0 Å². The summed E-state index contributed by atoms with van der Waals surface area (Å²) >= 11 is 6.44. The molecule has 0 amide bonds. The number of benzene rings is 2. The van der Waals surface area contributed by atoms with Crippen LogP contribution in [-0.4, -0.2) is 47.3 Å². The lowest BCUT2D eigenvalue weighted by Crippen LogP contribution is -2.61. The van der Waals surface area contributed by atoms with Gasteiger partial charge in [0.1, 0.15) is 18.7 Å². The molecule has 10 heteroatoms. The van der Waals surface area contributed by atoms with Crippen molar-refractivity contribution < 1.29 is 22.7 Å². The molecular weight excluding hydrogens is 600 g/mol. The number of ether oxygens (including phenoxy) is 2. The lowest BCUT2D eigenvalue weighted by Gasteiger charge is -2.50. The average Bonchev–Trinajstić information content (AvgIpc) is 3.28. The molecule has 0 bridgehead atoms. The number of sulfone groups is 1. The highest BCUT2D eigenvalue weighted by Crippen LogP contribution is 2.54. The normalized spacial score (nSPS) is 17.1. The molecule has 0 spiro atoms. The van der Waals surface area contributed by atoms with Gasteiger partial charge in [-0.2, -0.15) is 0 Å². The van der Waals surface area contributed by atoms with E-state index < -0.39 is 23.5 Å². The number of fused-ring (bicyclic) bond motifs is 1. The van der Waals surface area contributed by atoms with Crippen molar-refractivity contribution in [2.75, 3.05) is 24.0 Å². The predicted octanol–water partition coefficient (Wildman–Crippen LogP) is 7.60. The second kappa shape index (κ2) is 12.6. The number of aldehydes is 1. The van der Waals surface area contributed by atoms with Gasteiger partial charge in [-0.05, 0) is 47.8 Å². The third kappa shape index (κ3) is 5.71. The monoisotopic (exact) mass is 642 g/mol. The fraction of sp³-hybridized carbons (Fsp3) is 0.455. The Bertz CT molecular complexity index is 1570. The van der Waals surface area contributed by atoms with Crippen molar-refractivity contribution in [3.63, 3.8) is 0 Å². The van der Waals surface area contributed by atoms with E-state index in [-0.39, 0.29) is 11.5 Å². The second-order valence-electron chi connectivity index (χ2n) is 12.3. The number of hydrogen-bond acceptors (Lipinski definition) is 7. The molecule has 3 aromatic rings. The molecule has 1 atom stereocenters. The highest BCUT2D eigenvalue weighted by molar-refractivity contribution is 7.90. The van der Waals surface area contributed by atoms with Gasteiger partial charge in [-0.3, -0.25) is 0 Å². The summed E-state index contributed by atoms with van der Waals surface area (Å²) in [6.45, 7) is 16.7. The number of pyridine rings is 1. The summed E-state index contributed by atoms with van der Waals surface area (Å²) in [6.07, 6.45) is 4.01. The first-order chi connectivity index (χ1) is 20.2. The molecule has 1 aromatic heterocycles. The second-order valence-corrected chi connectivity index (χ2v) is 20.5. The first kappa shape index (κ1) is 33.0. The van der Waals surface area contributed by atoms with E-state index in [1.807, 2.05) is 43.5 Å². The van der Waals surface area contributed by atoms with E-state index in [9.17, 15) is 13.2 Å². The van der Waals surface area contributed by atoms with E-state index >= 15 is 0 Å². The molecule has 0 aliphatic carbocycles. The molecule has 43 heavy (non-hydrogen) atoms. The number of aromatic nitrogens is 1. The van der Waals surface area contributed by atoms with E-state index in [0.717, 1.165) is 29.5 Å². The molecule has 7 nitrogen and oxygen atoms in total. The summed E-state index contributed by atoms with van der Waals surface area (Å²) in [4.78, 5) is 18.5. The van der Waals surface area contributed by atoms with Crippen LogP contribution in [-0.2, 0) is 26.7 Å². The van der Waals surface area contributed by atoms with Crippen molar-refractivity contribution >= 4 is 41.8 Å². The zero-order chi connectivity index (χ0) is 31.7. The number of hydrogen-bond donors (Lipinski definition) is 0. The standard InChI is InChI=1S/C33H43ClN2O5SSi/c1-9-40-31-27(12-10-14-30(31)41-19-25-15-16-26(18-29(25)34)42(8,38)39)33(21-37)20-36(32-28(33)13-11-17-35-32)43(22(2)3,23(4)5)24(6)7/h10-18,21-24H,9,19-20H2,1-8H3. The van der Waals surface area contributed by atoms with Crippen LogP contribution in [0, 0.1) is 0 Å². The van der Waals surface area contributed by atoms with Crippen molar-refractivity contribution in [2.24, 2.45) is 0 Å². The van der Waals surface area contributed by atoms with Crippen LogP contribution in [0.1, 0.15) is 65.2 Å². The van der Waals surface area contributed by atoms with Crippen molar-refractivity contribution in [1.29, 1.82) is 0 Å². The van der Waals surface area contributed by atoms with Gasteiger partial charge in [0.2, 0.25) is 0 Å². The van der Waals surface area contributed by atoms with Crippen LogP contribution in [0.15, 0.2) is 59.6 Å². The Morgan fingerprint density at radius 3 is 2.21 bits per heavy atom. The Kier molecular flexibility index (Phi) is 9.69. The van der Waals surface area contributed by atoms with Crippen LogP contribution < -0.4 is 14.0 Å². The van der Waals surface area contributed by atoms with Gasteiger partial charge in [-0.25, -0.2) is 13.4 Å². The molecule has 232 valence electrons. The van der Waals surface area contributed by atoms with E-state index in [1.165, 1.54) is 12.1 Å². The van der Waals surface area contributed by atoms with Gasteiger partial charge >= 0.3 is 0 Å². The van der Waals surface area contributed by atoms with Gasteiger partial charge in [0, 0.05) is 40.7 Å². The van der Waals surface area contributed by atoms with Crippen molar-refractivity contribution in [3.8, 4) is 11.5 Å². The Balaban J connectivity index is 1.84. The number of halogens is 1. The Hall–Kier alpha value is -2.88. The van der Waals surface area contributed by atoms with Gasteiger partial charge < -0.3 is 18.8 Å². The van der Waals surface area contributed by atoms with E-state index in [0.29, 0.717) is 51.9 Å². The molecule has 2 heterocycles. The topological polar surface area (TPSA) is 85.8 Å². The predicted molar refractivity (Wildman–Crippen MR) is 176 cm³/mol. The van der Waals surface area contributed by atoms with Gasteiger partial charge in [0.05, 0.1) is 16.9 Å². The molecule has 0 N–H and O–H groups in total. The Morgan fingerprint density at radius 1 is 1.00 bits per heavy atom. The summed E-state index contributed by atoms with van der Waals surface area (Å²) < 4.78 is 38.9. The highest BCUT2D eigenvalue weighted by Gasteiger charge is 2.57. The highest BCUT2D eigenvalue weighted by atomic mass is 35.5. The summed E-state index contributed by atoms with van der Waals surface area (Å²) in [5, 5.41) is 0.296. The number of rotatable bonds is 12. The summed E-state index contributed by atoms with van der Waals surface area (Å²) in [6, 6.07) is 14.2. The van der Waals surface area contributed by atoms with Crippen molar-refractivity contribution in [1.82, 2.24) is 4.98 Å². The van der Waals surface area contributed by atoms with E-state index in [4.69, 9.17) is 26.1 Å². The molecule has 2 aromatic carbocycles. The smallest absolute Gasteiger partial charge is 0.175 e. The summed E-state index contributed by atoms with van der Waals surface area (Å²) in [7, 11) is -5.62. The third-order valence-electron chi connectivity index (χ3n) is 8.96. The third-order valence-corrected chi connectivity index (χ3v) is 17.3. The zero-order valence-electron chi connectivity index (χ0n) is 26.3. The maximum absolute atomic E-state index is 13.5. The molecule has 0 saturated heterocycles. The van der Waals surface area contributed by atoms with Gasteiger partial charge in [-0.15, -0.1) is 0 Å². The van der Waals surface area contributed by atoms with Gasteiger partial charge in [-0.1, -0.05) is 77.4 Å². The zero-order valence-corrected chi connectivity index (χ0v) is 28.9. The molecule has 1 aliphatic rings. The summed E-state index contributed by atoms with van der Waals surface area (Å²) in [5.74, 6) is 1.86. The molecule has 1 unspecified atom stereocenters. The molecular formula is C33H43ClN2O5SSi. The lowest BCUT2D eigenvalue weighted by molar-refractivity contribution is -0.111. The van der Waals surface area contributed by atoms with Crippen molar-refractivity contribution in [2.45, 2.75) is 82.0 Å². The van der Waals surface area contributed by atoms with Crippen LogP contribution in [0.25, 0.3) is 0 Å². The number of nitrogens with zero attached hydrogens (tertiary/aromatic N) is 2. The molecule has 1 aliphatic heterocycles. The average molecular weight is 643 g/mol. The van der Waals surface area contributed by atoms with Crippen LogP contribution in [0.4, 0.5) is 5.82 Å². The number of carbonyl (C=O) groups excluding carboxylic acids is 1. The largest absolute Gasteiger partial charge is 0.490 e. The number of para-hydroxylation sites is 1. The number of carbonyl (C=O) groups is 1. The quantitative estimate of drug-likeness (QED) is 0.149. The van der Waals surface area contributed by atoms with E-state index in [2.05, 4.69) is 46.1 Å². The first-order valence-electron chi connectivity index (χ1n) is 14.8.